The molecule has 0 fully saturated rings. The Morgan fingerprint density at radius 2 is 1.16 bits per heavy atom. The largest absolute Gasteiger partial charge is 0.355 e. The zero-order valence-electron chi connectivity index (χ0n) is 26.2. The maximum absolute atomic E-state index is 5.47. The number of rotatable bonds is 0. The zero-order chi connectivity index (χ0) is 29.9. The summed E-state index contributed by atoms with van der Waals surface area (Å²) in [5.74, 6) is 0. The van der Waals surface area contributed by atoms with Gasteiger partial charge in [0.1, 0.15) is 0 Å². The first kappa shape index (κ1) is 26.0. The van der Waals surface area contributed by atoms with Gasteiger partial charge in [-0.25, -0.2) is 4.98 Å². The third-order valence-corrected chi connectivity index (χ3v) is 10.4. The summed E-state index contributed by atoms with van der Waals surface area (Å²) < 4.78 is 0. The van der Waals surface area contributed by atoms with Crippen molar-refractivity contribution in [2.45, 2.75) is 60.8 Å². The molecule has 2 aliphatic heterocycles. The normalized spacial score (nSPS) is 14.6. The molecular formula is C39H36N4. The second kappa shape index (κ2) is 8.67. The molecule has 0 saturated heterocycles. The van der Waals surface area contributed by atoms with Crippen LogP contribution in [0.1, 0.15) is 72.6 Å². The van der Waals surface area contributed by atoms with Crippen molar-refractivity contribution in [2.75, 3.05) is 0 Å². The summed E-state index contributed by atoms with van der Waals surface area (Å²) in [6.45, 7) is 17.8. The van der Waals surface area contributed by atoms with Crippen LogP contribution in [-0.4, -0.2) is 19.9 Å². The fourth-order valence-electron chi connectivity index (χ4n) is 7.03. The SMILES string of the molecule is CC1=C(C)c2nc1cc1[nH]c(cc3[nH]c(cc4nc5c(cc6cc7ccccc7cc6c25)C4(C)C)c(C)c3C)c(C)c1C. The lowest BCUT2D eigenvalue weighted by atomic mass is 9.81. The lowest BCUT2D eigenvalue weighted by molar-refractivity contribution is 0.648. The number of aromatic nitrogens is 4. The molecule has 5 heterocycles. The number of aromatic amines is 2. The average Bonchev–Trinajstić information content (AvgIpc) is 3.60. The standard InChI is InChI=1S/C39H36N4/c1-19-20(2)32-17-33-23(5)24(6)37(42-33)36-28-14-26-12-10-9-11-25(26)13-27(28)15-29-38(36)43-35(39(29,7)8)18-34-22(4)21(3)31(41-34)16-30(19)40-32/h9-18,40-41H,1-8H3. The second-order valence-electron chi connectivity index (χ2n) is 13.1. The number of H-pyrrole nitrogens is 2. The van der Waals surface area contributed by atoms with Gasteiger partial charge in [0, 0.05) is 32.9 Å². The molecule has 3 aromatic heterocycles. The first-order valence-corrected chi connectivity index (χ1v) is 15.2. The molecule has 6 aromatic rings. The van der Waals surface area contributed by atoms with Crippen LogP contribution in [-0.2, 0) is 5.41 Å². The number of benzene rings is 3. The van der Waals surface area contributed by atoms with E-state index < -0.39 is 0 Å². The van der Waals surface area contributed by atoms with Crippen molar-refractivity contribution in [1.29, 1.82) is 0 Å². The summed E-state index contributed by atoms with van der Waals surface area (Å²) in [7, 11) is 0. The van der Waals surface area contributed by atoms with Crippen molar-refractivity contribution < 1.29 is 0 Å². The van der Waals surface area contributed by atoms with Gasteiger partial charge in [-0.1, -0.05) is 38.1 Å². The number of fused-ring (bicyclic) bond motifs is 11. The van der Waals surface area contributed by atoms with Gasteiger partial charge in [-0.3, -0.25) is 4.98 Å². The maximum Gasteiger partial charge on any atom is 0.0775 e. The minimum Gasteiger partial charge on any atom is -0.355 e. The lowest BCUT2D eigenvalue weighted by Gasteiger charge is -2.20. The van der Waals surface area contributed by atoms with Crippen LogP contribution in [0.5, 0.6) is 0 Å². The van der Waals surface area contributed by atoms with Crippen molar-refractivity contribution in [3.8, 4) is 0 Å². The van der Waals surface area contributed by atoms with Crippen LogP contribution in [0.3, 0.4) is 0 Å². The van der Waals surface area contributed by atoms with E-state index in [9.17, 15) is 0 Å². The van der Waals surface area contributed by atoms with Crippen molar-refractivity contribution in [2.24, 2.45) is 0 Å². The van der Waals surface area contributed by atoms with Crippen LogP contribution < -0.4 is 0 Å². The van der Waals surface area contributed by atoms with Crippen LogP contribution in [0.2, 0.25) is 0 Å². The molecule has 0 saturated carbocycles. The van der Waals surface area contributed by atoms with Gasteiger partial charge >= 0.3 is 0 Å². The van der Waals surface area contributed by atoms with Crippen LogP contribution in [0.25, 0.3) is 65.7 Å². The Labute approximate surface area is 251 Å². The quantitative estimate of drug-likeness (QED) is 0.182. The minimum atomic E-state index is -0.278. The molecule has 0 radical (unpaired) electrons. The summed E-state index contributed by atoms with van der Waals surface area (Å²) in [6.07, 6.45) is 0. The molecule has 8 bridgehead atoms. The molecule has 8 rings (SSSR count). The molecule has 212 valence electrons. The van der Waals surface area contributed by atoms with Crippen LogP contribution in [0, 0.1) is 27.7 Å². The van der Waals surface area contributed by atoms with E-state index in [1.807, 2.05) is 0 Å². The van der Waals surface area contributed by atoms with Gasteiger partial charge in [0.25, 0.3) is 0 Å². The van der Waals surface area contributed by atoms with E-state index in [0.717, 1.165) is 50.1 Å². The molecule has 3 aromatic carbocycles. The summed E-state index contributed by atoms with van der Waals surface area (Å²) in [6, 6.07) is 22.4. The molecule has 0 amide bonds. The van der Waals surface area contributed by atoms with Gasteiger partial charge < -0.3 is 9.97 Å². The van der Waals surface area contributed by atoms with E-state index >= 15 is 0 Å². The highest BCUT2D eigenvalue weighted by Crippen LogP contribution is 2.45. The Morgan fingerprint density at radius 1 is 0.581 bits per heavy atom. The number of aryl methyl sites for hydroxylation is 4. The molecule has 4 heteroatoms. The first-order valence-electron chi connectivity index (χ1n) is 15.2. The zero-order valence-corrected chi connectivity index (χ0v) is 26.2. The Balaban J connectivity index is 1.66. The predicted octanol–water partition coefficient (Wildman–Crippen LogP) is 10.3. The molecule has 0 unspecified atom stereocenters. The Bertz CT molecular complexity index is 2430. The average molecular weight is 561 g/mol. The lowest BCUT2D eigenvalue weighted by Crippen LogP contribution is -2.15. The fraction of sp³-hybridized carbons (Fsp3) is 0.231. The molecule has 43 heavy (non-hydrogen) atoms. The number of hydrogen-bond acceptors (Lipinski definition) is 2. The van der Waals surface area contributed by atoms with Crippen molar-refractivity contribution in [3.05, 3.63) is 106 Å². The van der Waals surface area contributed by atoms with E-state index in [1.165, 1.54) is 60.5 Å². The summed E-state index contributed by atoms with van der Waals surface area (Å²) in [5, 5.41) is 6.03. The molecule has 0 atom stereocenters. The summed E-state index contributed by atoms with van der Waals surface area (Å²) in [5.41, 5.74) is 17.0. The molecule has 0 aliphatic carbocycles. The van der Waals surface area contributed by atoms with Gasteiger partial charge in [0.15, 0.2) is 0 Å². The van der Waals surface area contributed by atoms with Gasteiger partial charge in [-0.15, -0.1) is 0 Å². The predicted molar refractivity (Wildman–Crippen MR) is 183 cm³/mol. The summed E-state index contributed by atoms with van der Waals surface area (Å²) in [4.78, 5) is 18.3. The molecular weight excluding hydrogens is 524 g/mol. The minimum absolute atomic E-state index is 0.278. The maximum atomic E-state index is 5.47. The van der Waals surface area contributed by atoms with Crippen molar-refractivity contribution >= 4 is 65.7 Å². The molecule has 0 spiro atoms. The van der Waals surface area contributed by atoms with E-state index in [1.54, 1.807) is 0 Å². The Morgan fingerprint density at radius 3 is 1.81 bits per heavy atom. The number of nitrogens with one attached hydrogen (secondary N) is 2. The third-order valence-electron chi connectivity index (χ3n) is 10.4. The van der Waals surface area contributed by atoms with Gasteiger partial charge in [-0.05, 0) is 138 Å². The van der Waals surface area contributed by atoms with Gasteiger partial charge in [0.05, 0.1) is 22.6 Å². The first-order chi connectivity index (χ1) is 20.5. The van der Waals surface area contributed by atoms with E-state index in [4.69, 9.17) is 9.97 Å². The van der Waals surface area contributed by atoms with Crippen molar-refractivity contribution in [3.63, 3.8) is 0 Å². The third kappa shape index (κ3) is 3.56. The fourth-order valence-corrected chi connectivity index (χ4v) is 7.03. The van der Waals surface area contributed by atoms with Crippen LogP contribution >= 0.6 is 0 Å². The van der Waals surface area contributed by atoms with Gasteiger partial charge in [-0.2, -0.15) is 0 Å². The van der Waals surface area contributed by atoms with Crippen LogP contribution in [0.4, 0.5) is 0 Å². The number of nitrogens with zero attached hydrogens (tertiary/aromatic N) is 2. The highest BCUT2D eigenvalue weighted by atomic mass is 14.8. The number of allylic oxidation sites excluding steroid dienone is 2. The smallest absolute Gasteiger partial charge is 0.0775 e. The monoisotopic (exact) mass is 560 g/mol. The van der Waals surface area contributed by atoms with Gasteiger partial charge in [0.2, 0.25) is 0 Å². The summed E-state index contributed by atoms with van der Waals surface area (Å²) >= 11 is 0. The molecule has 4 nitrogen and oxygen atoms in total. The van der Waals surface area contributed by atoms with E-state index in [2.05, 4.69) is 126 Å². The van der Waals surface area contributed by atoms with Crippen molar-refractivity contribution in [1.82, 2.24) is 19.9 Å². The van der Waals surface area contributed by atoms with E-state index in [-0.39, 0.29) is 5.41 Å². The Hall–Kier alpha value is -4.70. The number of hydrogen-bond donors (Lipinski definition) is 2. The highest BCUT2D eigenvalue weighted by Gasteiger charge is 2.34. The molecule has 2 aliphatic rings. The van der Waals surface area contributed by atoms with Crippen LogP contribution in [0.15, 0.2) is 60.7 Å². The second-order valence-corrected chi connectivity index (χ2v) is 13.1. The highest BCUT2D eigenvalue weighted by molar-refractivity contribution is 6.17. The Kier molecular flexibility index (Phi) is 5.23. The topological polar surface area (TPSA) is 57.4 Å². The molecule has 2 N–H and O–H groups in total. The van der Waals surface area contributed by atoms with E-state index in [0.29, 0.717) is 0 Å².